The molecule has 0 bridgehead atoms. The summed E-state index contributed by atoms with van der Waals surface area (Å²) in [6, 6.07) is 12.6. The van der Waals surface area contributed by atoms with E-state index in [2.05, 4.69) is 51.2 Å². The van der Waals surface area contributed by atoms with Gasteiger partial charge in [0.15, 0.2) is 0 Å². The molecule has 0 amide bonds. The average Bonchev–Trinajstić information content (AvgIpc) is 2.25. The lowest BCUT2D eigenvalue weighted by atomic mass is 9.87. The largest absolute Gasteiger partial charge is 0.295 e. The van der Waals surface area contributed by atoms with Crippen LogP contribution in [0.15, 0.2) is 30.3 Å². The summed E-state index contributed by atoms with van der Waals surface area (Å²) in [5, 5.41) is 12.5. The lowest BCUT2D eigenvalue weighted by molar-refractivity contribution is 0.300. The van der Waals surface area contributed by atoms with E-state index in [1.165, 1.54) is 5.56 Å². The van der Waals surface area contributed by atoms with Gasteiger partial charge in [0.05, 0.1) is 6.07 Å². The lowest BCUT2D eigenvalue weighted by Crippen LogP contribution is -2.40. The third kappa shape index (κ3) is 3.36. The normalized spacial score (nSPS) is 15.2. The van der Waals surface area contributed by atoms with E-state index in [1.807, 2.05) is 18.2 Å². The van der Waals surface area contributed by atoms with Gasteiger partial charge in [-0.25, -0.2) is 0 Å². The molecule has 2 atom stereocenters. The monoisotopic (exact) mass is 216 g/mol. The first-order valence-electron chi connectivity index (χ1n) is 5.66. The van der Waals surface area contributed by atoms with Crippen LogP contribution in [0.2, 0.25) is 0 Å². The van der Waals surface area contributed by atoms with Crippen LogP contribution in [0.4, 0.5) is 0 Å². The predicted octanol–water partition coefficient (Wildman–Crippen LogP) is 3.28. The second kappa shape index (κ2) is 5.14. The molecule has 1 aromatic rings. The minimum absolute atomic E-state index is 0.0439. The van der Waals surface area contributed by atoms with Crippen molar-refractivity contribution in [3.8, 4) is 6.07 Å². The van der Waals surface area contributed by atoms with E-state index in [0.717, 1.165) is 0 Å². The minimum atomic E-state index is -0.136. The minimum Gasteiger partial charge on any atom is -0.295 e. The first-order valence-corrected chi connectivity index (χ1v) is 5.66. The summed E-state index contributed by atoms with van der Waals surface area (Å²) in [7, 11) is 0. The Morgan fingerprint density at radius 1 is 1.19 bits per heavy atom. The van der Waals surface area contributed by atoms with Crippen LogP contribution in [0.3, 0.4) is 0 Å². The molecule has 0 fully saturated rings. The number of nitrogens with one attached hydrogen (secondary N) is 1. The van der Waals surface area contributed by atoms with E-state index in [9.17, 15) is 0 Å². The molecule has 0 spiro atoms. The maximum absolute atomic E-state index is 9.14. The van der Waals surface area contributed by atoms with Crippen molar-refractivity contribution in [3.63, 3.8) is 0 Å². The van der Waals surface area contributed by atoms with Crippen molar-refractivity contribution in [2.45, 2.75) is 39.8 Å². The molecular formula is C14H20N2. The molecule has 0 aliphatic heterocycles. The van der Waals surface area contributed by atoms with Crippen LogP contribution in [0.25, 0.3) is 0 Å². The van der Waals surface area contributed by atoms with Crippen LogP contribution < -0.4 is 5.32 Å². The third-order valence-electron chi connectivity index (χ3n) is 2.71. The molecule has 2 heteroatoms. The summed E-state index contributed by atoms with van der Waals surface area (Å²) in [5.41, 5.74) is 1.17. The van der Waals surface area contributed by atoms with E-state index in [0.29, 0.717) is 0 Å². The smallest absolute Gasteiger partial charge is 0.101 e. The Bertz CT molecular complexity index is 357. The first kappa shape index (κ1) is 12.7. The van der Waals surface area contributed by atoms with Gasteiger partial charge >= 0.3 is 0 Å². The quantitative estimate of drug-likeness (QED) is 0.841. The second-order valence-electron chi connectivity index (χ2n) is 5.23. The number of hydrogen-bond donors (Lipinski definition) is 1. The van der Waals surface area contributed by atoms with Gasteiger partial charge in [-0.15, -0.1) is 0 Å². The number of rotatable bonds is 3. The van der Waals surface area contributed by atoms with E-state index >= 15 is 0 Å². The predicted molar refractivity (Wildman–Crippen MR) is 66.8 cm³/mol. The zero-order valence-corrected chi connectivity index (χ0v) is 10.5. The topological polar surface area (TPSA) is 35.8 Å². The number of benzene rings is 1. The Hall–Kier alpha value is -1.33. The molecule has 0 saturated carbocycles. The molecular weight excluding hydrogens is 196 g/mol. The summed E-state index contributed by atoms with van der Waals surface area (Å²) >= 11 is 0. The molecule has 0 aliphatic carbocycles. The second-order valence-corrected chi connectivity index (χ2v) is 5.23. The molecule has 16 heavy (non-hydrogen) atoms. The van der Waals surface area contributed by atoms with Crippen molar-refractivity contribution in [2.75, 3.05) is 0 Å². The van der Waals surface area contributed by atoms with Gasteiger partial charge in [-0.2, -0.15) is 5.26 Å². The van der Waals surface area contributed by atoms with Crippen molar-refractivity contribution < 1.29 is 0 Å². The van der Waals surface area contributed by atoms with E-state index in [4.69, 9.17) is 5.26 Å². The fourth-order valence-electron chi connectivity index (χ4n) is 1.57. The van der Waals surface area contributed by atoms with E-state index < -0.39 is 0 Å². The average molecular weight is 216 g/mol. The molecule has 0 aromatic heterocycles. The molecule has 1 N–H and O–H groups in total. The number of nitriles is 1. The Morgan fingerprint density at radius 3 is 2.19 bits per heavy atom. The van der Waals surface area contributed by atoms with E-state index in [-0.39, 0.29) is 17.5 Å². The van der Waals surface area contributed by atoms with Crippen molar-refractivity contribution >= 4 is 0 Å². The van der Waals surface area contributed by atoms with Crippen LogP contribution in [-0.2, 0) is 0 Å². The van der Waals surface area contributed by atoms with Gasteiger partial charge in [0.25, 0.3) is 0 Å². The van der Waals surface area contributed by atoms with Crippen LogP contribution in [-0.4, -0.2) is 6.04 Å². The Balaban J connectivity index is 2.72. The molecule has 2 nitrogen and oxygen atoms in total. The van der Waals surface area contributed by atoms with Gasteiger partial charge in [-0.05, 0) is 17.9 Å². The fourth-order valence-corrected chi connectivity index (χ4v) is 1.57. The summed E-state index contributed by atoms with van der Waals surface area (Å²) in [6.07, 6.45) is 0. The number of nitrogens with zero attached hydrogens (tertiary/aromatic N) is 1. The Labute approximate surface area is 98.3 Å². The van der Waals surface area contributed by atoms with Crippen molar-refractivity contribution in [2.24, 2.45) is 5.41 Å². The summed E-state index contributed by atoms with van der Waals surface area (Å²) in [6.45, 7) is 8.31. The van der Waals surface area contributed by atoms with Crippen LogP contribution in [0.5, 0.6) is 0 Å². The maximum Gasteiger partial charge on any atom is 0.101 e. The molecule has 0 heterocycles. The number of hydrogen-bond acceptors (Lipinski definition) is 2. The van der Waals surface area contributed by atoms with Crippen molar-refractivity contribution in [3.05, 3.63) is 35.9 Å². The highest BCUT2D eigenvalue weighted by Crippen LogP contribution is 2.22. The summed E-state index contributed by atoms with van der Waals surface area (Å²) in [5.74, 6) is 0. The Kier molecular flexibility index (Phi) is 4.09. The van der Waals surface area contributed by atoms with Gasteiger partial charge in [0.2, 0.25) is 0 Å². The SMILES string of the molecule is C[C@@H](N[C@@H](C#N)C(C)(C)C)c1ccccc1. The van der Waals surface area contributed by atoms with Crippen molar-refractivity contribution in [1.82, 2.24) is 5.32 Å². The van der Waals surface area contributed by atoms with Crippen LogP contribution in [0, 0.1) is 16.7 Å². The van der Waals surface area contributed by atoms with Crippen LogP contribution >= 0.6 is 0 Å². The van der Waals surface area contributed by atoms with Gasteiger partial charge < -0.3 is 0 Å². The van der Waals surface area contributed by atoms with Gasteiger partial charge in [0, 0.05) is 6.04 Å². The highest BCUT2D eigenvalue weighted by Gasteiger charge is 2.25. The standard InChI is InChI=1S/C14H20N2/c1-11(12-8-6-5-7-9-12)16-13(10-15)14(2,3)4/h5-9,11,13,16H,1-4H3/t11-,13+/m1/s1. The zero-order valence-electron chi connectivity index (χ0n) is 10.5. The maximum atomic E-state index is 9.14. The lowest BCUT2D eigenvalue weighted by Gasteiger charge is -2.28. The van der Waals surface area contributed by atoms with Gasteiger partial charge in [-0.1, -0.05) is 51.1 Å². The molecule has 0 unspecified atom stereocenters. The molecule has 1 aromatic carbocycles. The fraction of sp³-hybridized carbons (Fsp3) is 0.500. The molecule has 86 valence electrons. The highest BCUT2D eigenvalue weighted by atomic mass is 15.0. The van der Waals surface area contributed by atoms with Crippen molar-refractivity contribution in [1.29, 1.82) is 5.26 Å². The summed E-state index contributed by atoms with van der Waals surface area (Å²) in [4.78, 5) is 0. The summed E-state index contributed by atoms with van der Waals surface area (Å²) < 4.78 is 0. The van der Waals surface area contributed by atoms with E-state index in [1.54, 1.807) is 0 Å². The third-order valence-corrected chi connectivity index (χ3v) is 2.71. The molecule has 0 aliphatic rings. The zero-order chi connectivity index (χ0) is 12.2. The molecule has 1 rings (SSSR count). The van der Waals surface area contributed by atoms with Crippen LogP contribution in [0.1, 0.15) is 39.3 Å². The van der Waals surface area contributed by atoms with Gasteiger partial charge in [0.1, 0.15) is 6.04 Å². The Morgan fingerprint density at radius 2 is 1.75 bits per heavy atom. The highest BCUT2D eigenvalue weighted by molar-refractivity contribution is 5.19. The molecule has 0 radical (unpaired) electrons. The molecule has 0 saturated heterocycles. The van der Waals surface area contributed by atoms with Gasteiger partial charge in [-0.3, -0.25) is 5.32 Å². The first-order chi connectivity index (χ1) is 7.45.